The summed E-state index contributed by atoms with van der Waals surface area (Å²) in [7, 11) is 1.39. The van der Waals surface area contributed by atoms with E-state index in [0.717, 1.165) is 5.56 Å². The predicted molar refractivity (Wildman–Crippen MR) is 56.4 cm³/mol. The Balaban J connectivity index is 2.54. The highest BCUT2D eigenvalue weighted by molar-refractivity contribution is 5.79. The largest absolute Gasteiger partial charge is 0.481 e. The van der Waals surface area contributed by atoms with Gasteiger partial charge < -0.3 is 4.74 Å². The van der Waals surface area contributed by atoms with Crippen molar-refractivity contribution in [3.63, 3.8) is 0 Å². The van der Waals surface area contributed by atoms with Gasteiger partial charge in [-0.25, -0.2) is 5.48 Å². The van der Waals surface area contributed by atoms with Crippen molar-refractivity contribution < 1.29 is 14.4 Å². The number of rotatable bonds is 4. The van der Waals surface area contributed by atoms with Crippen LogP contribution < -0.4 is 10.2 Å². The number of amides is 1. The quantitative estimate of drug-likeness (QED) is 0.763. The van der Waals surface area contributed by atoms with Gasteiger partial charge in [-0.2, -0.15) is 0 Å². The lowest BCUT2D eigenvalue weighted by atomic mass is 10.2. The Morgan fingerprint density at radius 3 is 2.47 bits per heavy atom. The average Bonchev–Trinajstić information content (AvgIpc) is 2.22. The molecule has 4 nitrogen and oxygen atoms in total. The molecule has 1 amide bonds. The fourth-order valence-corrected chi connectivity index (χ4v) is 1.06. The standard InChI is InChI=1S/C11H15NO3/c1-8-4-6-10(7-5-8)15-9(2)11(13)12-14-3/h4-7,9H,1-3H3,(H,12,13)/t9-/m0/s1. The van der Waals surface area contributed by atoms with Gasteiger partial charge in [0.25, 0.3) is 5.91 Å². The zero-order chi connectivity index (χ0) is 11.3. The van der Waals surface area contributed by atoms with Crippen molar-refractivity contribution in [3.8, 4) is 5.75 Å². The molecule has 4 heteroatoms. The molecular formula is C11H15NO3. The average molecular weight is 209 g/mol. The number of nitrogens with one attached hydrogen (secondary N) is 1. The molecule has 1 rings (SSSR count). The third-order valence-electron chi connectivity index (χ3n) is 1.91. The van der Waals surface area contributed by atoms with Gasteiger partial charge in [0.05, 0.1) is 7.11 Å². The summed E-state index contributed by atoms with van der Waals surface area (Å²) < 4.78 is 5.39. The summed E-state index contributed by atoms with van der Waals surface area (Å²) >= 11 is 0. The Hall–Kier alpha value is -1.55. The Morgan fingerprint density at radius 2 is 1.93 bits per heavy atom. The Kier molecular flexibility index (Phi) is 4.12. The minimum absolute atomic E-state index is 0.307. The second-order valence-electron chi connectivity index (χ2n) is 3.24. The normalized spacial score (nSPS) is 11.9. The molecule has 1 aromatic rings. The molecule has 0 aliphatic rings. The maximum absolute atomic E-state index is 11.3. The molecular weight excluding hydrogens is 194 g/mol. The van der Waals surface area contributed by atoms with Gasteiger partial charge in [-0.1, -0.05) is 17.7 Å². The maximum atomic E-state index is 11.3. The molecule has 1 N–H and O–H groups in total. The van der Waals surface area contributed by atoms with Crippen LogP contribution in [0.4, 0.5) is 0 Å². The molecule has 1 aromatic carbocycles. The summed E-state index contributed by atoms with van der Waals surface area (Å²) in [5.41, 5.74) is 3.36. The van der Waals surface area contributed by atoms with E-state index in [1.165, 1.54) is 7.11 Å². The van der Waals surface area contributed by atoms with Gasteiger partial charge in [0.2, 0.25) is 0 Å². The van der Waals surface area contributed by atoms with E-state index in [1.807, 2.05) is 31.2 Å². The molecule has 0 aliphatic carbocycles. The number of benzene rings is 1. The van der Waals surface area contributed by atoms with Crippen LogP contribution in [0.15, 0.2) is 24.3 Å². The van der Waals surface area contributed by atoms with E-state index in [0.29, 0.717) is 5.75 Å². The fourth-order valence-electron chi connectivity index (χ4n) is 1.06. The molecule has 0 saturated carbocycles. The molecule has 0 aliphatic heterocycles. The van der Waals surface area contributed by atoms with Gasteiger partial charge in [-0.3, -0.25) is 9.63 Å². The minimum atomic E-state index is -0.576. The first-order valence-electron chi connectivity index (χ1n) is 4.69. The summed E-state index contributed by atoms with van der Waals surface area (Å²) in [6.07, 6.45) is -0.576. The predicted octanol–water partition coefficient (Wildman–Crippen LogP) is 1.44. The smallest absolute Gasteiger partial charge is 0.284 e. The summed E-state index contributed by atoms with van der Waals surface area (Å²) in [5, 5.41) is 0. The zero-order valence-corrected chi connectivity index (χ0v) is 9.11. The number of hydrogen-bond acceptors (Lipinski definition) is 3. The number of ether oxygens (including phenoxy) is 1. The number of hydrogen-bond donors (Lipinski definition) is 1. The van der Waals surface area contributed by atoms with Crippen molar-refractivity contribution in [2.75, 3.05) is 7.11 Å². The van der Waals surface area contributed by atoms with Crippen LogP contribution in [0.3, 0.4) is 0 Å². The summed E-state index contributed by atoms with van der Waals surface area (Å²) in [6.45, 7) is 3.65. The first-order chi connectivity index (χ1) is 7.13. The Morgan fingerprint density at radius 1 is 1.33 bits per heavy atom. The van der Waals surface area contributed by atoms with Gasteiger partial charge in [-0.05, 0) is 26.0 Å². The fraction of sp³-hybridized carbons (Fsp3) is 0.364. The van der Waals surface area contributed by atoms with Gasteiger partial charge in [-0.15, -0.1) is 0 Å². The van der Waals surface area contributed by atoms with Crippen LogP contribution in [0.25, 0.3) is 0 Å². The summed E-state index contributed by atoms with van der Waals surface area (Å²) in [4.78, 5) is 15.8. The number of carbonyl (C=O) groups excluding carboxylic acids is 1. The van der Waals surface area contributed by atoms with Crippen LogP contribution in [0.5, 0.6) is 5.75 Å². The molecule has 0 aromatic heterocycles. The third kappa shape index (κ3) is 3.59. The van der Waals surface area contributed by atoms with Crippen molar-refractivity contribution in [1.82, 2.24) is 5.48 Å². The van der Waals surface area contributed by atoms with Crippen LogP contribution in [-0.2, 0) is 9.63 Å². The molecule has 0 radical (unpaired) electrons. The van der Waals surface area contributed by atoms with Crippen molar-refractivity contribution in [1.29, 1.82) is 0 Å². The number of carbonyl (C=O) groups is 1. The van der Waals surface area contributed by atoms with E-state index < -0.39 is 6.10 Å². The first-order valence-corrected chi connectivity index (χ1v) is 4.69. The number of hydroxylamine groups is 1. The SMILES string of the molecule is CONC(=O)[C@H](C)Oc1ccc(C)cc1. The van der Waals surface area contributed by atoms with E-state index in [9.17, 15) is 4.79 Å². The highest BCUT2D eigenvalue weighted by Gasteiger charge is 2.13. The van der Waals surface area contributed by atoms with E-state index in [4.69, 9.17) is 4.74 Å². The zero-order valence-electron chi connectivity index (χ0n) is 9.11. The van der Waals surface area contributed by atoms with Crippen molar-refractivity contribution in [3.05, 3.63) is 29.8 Å². The van der Waals surface area contributed by atoms with E-state index in [2.05, 4.69) is 10.3 Å². The Bertz CT molecular complexity index is 321. The Labute approximate surface area is 89.1 Å². The molecule has 0 heterocycles. The van der Waals surface area contributed by atoms with Crippen LogP contribution >= 0.6 is 0 Å². The van der Waals surface area contributed by atoms with Gasteiger partial charge in [0, 0.05) is 0 Å². The number of aryl methyl sites for hydroxylation is 1. The summed E-state index contributed by atoms with van der Waals surface area (Å²) in [6, 6.07) is 7.50. The van der Waals surface area contributed by atoms with Gasteiger partial charge in [0.15, 0.2) is 6.10 Å². The highest BCUT2D eigenvalue weighted by atomic mass is 16.6. The van der Waals surface area contributed by atoms with Crippen molar-refractivity contribution in [2.45, 2.75) is 20.0 Å². The molecule has 82 valence electrons. The van der Waals surface area contributed by atoms with Crippen LogP contribution in [0, 0.1) is 6.92 Å². The monoisotopic (exact) mass is 209 g/mol. The van der Waals surface area contributed by atoms with Crippen molar-refractivity contribution in [2.24, 2.45) is 0 Å². The molecule has 0 fully saturated rings. The third-order valence-corrected chi connectivity index (χ3v) is 1.91. The van der Waals surface area contributed by atoms with Gasteiger partial charge in [0.1, 0.15) is 5.75 Å². The van der Waals surface area contributed by atoms with E-state index in [1.54, 1.807) is 6.92 Å². The second kappa shape index (κ2) is 5.36. The van der Waals surface area contributed by atoms with Crippen LogP contribution in [-0.4, -0.2) is 19.1 Å². The van der Waals surface area contributed by atoms with E-state index >= 15 is 0 Å². The molecule has 0 spiro atoms. The topological polar surface area (TPSA) is 47.6 Å². The minimum Gasteiger partial charge on any atom is -0.481 e. The van der Waals surface area contributed by atoms with E-state index in [-0.39, 0.29) is 5.91 Å². The van der Waals surface area contributed by atoms with Crippen LogP contribution in [0.2, 0.25) is 0 Å². The summed E-state index contributed by atoms with van der Waals surface area (Å²) in [5.74, 6) is 0.359. The first kappa shape index (κ1) is 11.5. The van der Waals surface area contributed by atoms with Gasteiger partial charge >= 0.3 is 0 Å². The lowest BCUT2D eigenvalue weighted by molar-refractivity contribution is -0.137. The molecule has 15 heavy (non-hydrogen) atoms. The molecule has 0 bridgehead atoms. The highest BCUT2D eigenvalue weighted by Crippen LogP contribution is 2.13. The molecule has 0 unspecified atom stereocenters. The lowest BCUT2D eigenvalue weighted by Gasteiger charge is -2.13. The molecule has 0 saturated heterocycles. The molecule has 1 atom stereocenters. The maximum Gasteiger partial charge on any atom is 0.284 e. The van der Waals surface area contributed by atoms with Crippen LogP contribution in [0.1, 0.15) is 12.5 Å². The second-order valence-corrected chi connectivity index (χ2v) is 3.24. The van der Waals surface area contributed by atoms with Crippen molar-refractivity contribution >= 4 is 5.91 Å². The lowest BCUT2D eigenvalue weighted by Crippen LogP contribution is -2.35.